The van der Waals surface area contributed by atoms with E-state index >= 15 is 0 Å². The second-order valence-corrected chi connectivity index (χ2v) is 5.93. The van der Waals surface area contributed by atoms with Crippen LogP contribution in [0.2, 0.25) is 0 Å². The smallest absolute Gasteiger partial charge is 0.238 e. The Labute approximate surface area is 118 Å². The minimum atomic E-state index is -3.62. The maximum absolute atomic E-state index is 11.1. The van der Waals surface area contributed by atoms with Crippen molar-refractivity contribution in [2.75, 3.05) is 6.54 Å². The van der Waals surface area contributed by atoms with Gasteiger partial charge >= 0.3 is 0 Å². The van der Waals surface area contributed by atoms with Gasteiger partial charge in [0.05, 0.1) is 11.1 Å². The van der Waals surface area contributed by atoms with Gasteiger partial charge in [0, 0.05) is 26.0 Å². The average molecular weight is 292 g/mol. The summed E-state index contributed by atoms with van der Waals surface area (Å²) in [6.07, 6.45) is 6.02. The lowest BCUT2D eigenvalue weighted by atomic mass is 10.1. The van der Waals surface area contributed by atoms with Crippen molar-refractivity contribution in [2.45, 2.75) is 11.3 Å². The molecule has 0 atom stereocenters. The van der Waals surface area contributed by atoms with E-state index in [-0.39, 0.29) is 4.90 Å². The summed E-state index contributed by atoms with van der Waals surface area (Å²) in [5, 5.41) is 5.04. The molecule has 6 nitrogen and oxygen atoms in total. The van der Waals surface area contributed by atoms with Gasteiger partial charge in [-0.25, -0.2) is 18.5 Å². The fraction of sp³-hybridized carbons (Fsp3) is 0.231. The highest BCUT2D eigenvalue weighted by molar-refractivity contribution is 7.89. The molecule has 1 aromatic carbocycles. The van der Waals surface area contributed by atoms with E-state index in [1.54, 1.807) is 24.5 Å². The summed E-state index contributed by atoms with van der Waals surface area (Å²) in [4.78, 5) is 8.54. The minimum Gasteiger partial charge on any atom is -0.333 e. The number of nitrogens with two attached hydrogens (primary N) is 1. The van der Waals surface area contributed by atoms with Gasteiger partial charge in [0.1, 0.15) is 5.82 Å². The number of nitrogens with zero attached hydrogens (tertiary/aromatic N) is 3. The maximum atomic E-state index is 11.1. The van der Waals surface area contributed by atoms with Crippen LogP contribution in [0.4, 0.5) is 0 Å². The van der Waals surface area contributed by atoms with Gasteiger partial charge in [0.15, 0.2) is 0 Å². The second-order valence-electron chi connectivity index (χ2n) is 4.37. The number of imidazole rings is 1. The molecule has 1 aromatic heterocycles. The molecule has 7 heteroatoms. The molecular formula is C13H16N4O2S. The summed E-state index contributed by atoms with van der Waals surface area (Å²) in [5.41, 5.74) is 1.01. The first-order valence-electron chi connectivity index (χ1n) is 6.06. The molecule has 2 rings (SSSR count). The first-order chi connectivity index (χ1) is 9.47. The van der Waals surface area contributed by atoms with Crippen LogP contribution in [0.25, 0.3) is 0 Å². The highest BCUT2D eigenvalue weighted by atomic mass is 32.2. The fourth-order valence-corrected chi connectivity index (χ4v) is 2.20. The Bertz CT molecular complexity index is 702. The van der Waals surface area contributed by atoms with E-state index < -0.39 is 10.0 Å². The molecule has 0 fully saturated rings. The van der Waals surface area contributed by atoms with Crippen molar-refractivity contribution in [3.63, 3.8) is 0 Å². The lowest BCUT2D eigenvalue weighted by molar-refractivity contribution is 0.598. The van der Waals surface area contributed by atoms with E-state index in [0.29, 0.717) is 6.54 Å². The van der Waals surface area contributed by atoms with E-state index in [1.807, 2.05) is 17.8 Å². The molecular weight excluding hydrogens is 276 g/mol. The predicted octanol–water partition coefficient (Wildman–Crippen LogP) is 0.729. The van der Waals surface area contributed by atoms with Crippen molar-refractivity contribution in [3.8, 4) is 0 Å². The Balaban J connectivity index is 1.92. The minimum absolute atomic E-state index is 0.123. The van der Waals surface area contributed by atoms with E-state index in [4.69, 9.17) is 5.14 Å². The third kappa shape index (κ3) is 3.75. The van der Waals surface area contributed by atoms with E-state index in [0.717, 1.165) is 17.8 Å². The molecule has 0 saturated heterocycles. The number of benzene rings is 1. The Kier molecular flexibility index (Phi) is 4.31. The lowest BCUT2D eigenvalue weighted by Crippen LogP contribution is -2.11. The lowest BCUT2D eigenvalue weighted by Gasteiger charge is -2.01. The predicted molar refractivity (Wildman–Crippen MR) is 77.2 cm³/mol. The van der Waals surface area contributed by atoms with Crippen LogP contribution in [0, 0.1) is 0 Å². The molecule has 0 aliphatic rings. The Morgan fingerprint density at radius 2 is 2.05 bits per heavy atom. The molecule has 0 radical (unpaired) electrons. The third-order valence-corrected chi connectivity index (χ3v) is 3.78. The summed E-state index contributed by atoms with van der Waals surface area (Å²) in [6, 6.07) is 6.51. The molecule has 2 N–H and O–H groups in total. The quantitative estimate of drug-likeness (QED) is 0.824. The highest BCUT2D eigenvalue weighted by Gasteiger charge is 2.06. The van der Waals surface area contributed by atoms with Gasteiger partial charge in [-0.3, -0.25) is 4.99 Å². The molecule has 0 spiro atoms. The average Bonchev–Trinajstić information content (AvgIpc) is 2.80. The molecule has 106 valence electrons. The molecule has 0 unspecified atom stereocenters. The number of hydrogen-bond donors (Lipinski definition) is 1. The van der Waals surface area contributed by atoms with E-state index in [1.165, 1.54) is 12.1 Å². The van der Waals surface area contributed by atoms with Gasteiger partial charge in [-0.05, 0) is 24.1 Å². The number of aromatic nitrogens is 2. The summed E-state index contributed by atoms with van der Waals surface area (Å²) in [7, 11) is -1.72. The van der Waals surface area contributed by atoms with E-state index in [9.17, 15) is 8.42 Å². The summed E-state index contributed by atoms with van der Waals surface area (Å²) in [5.74, 6) is 0.801. The standard InChI is InChI=1S/C13H16N4O2S/c1-17-9-8-16-13(17)10-15-7-6-11-2-4-12(5-3-11)20(14,18)19/h2-5,8-10H,6-7H2,1H3,(H2,14,18,19). The van der Waals surface area contributed by atoms with Crippen LogP contribution in [0.15, 0.2) is 46.5 Å². The Hall–Kier alpha value is -1.99. The Morgan fingerprint density at radius 1 is 1.35 bits per heavy atom. The SMILES string of the molecule is Cn1ccnc1C=NCCc1ccc(S(N)(=O)=O)cc1. The summed E-state index contributed by atoms with van der Waals surface area (Å²) >= 11 is 0. The topological polar surface area (TPSA) is 90.3 Å². The van der Waals surface area contributed by atoms with Crippen LogP contribution in [-0.4, -0.2) is 30.7 Å². The van der Waals surface area contributed by atoms with Crippen molar-refractivity contribution in [2.24, 2.45) is 17.2 Å². The monoisotopic (exact) mass is 292 g/mol. The molecule has 0 aliphatic carbocycles. The van der Waals surface area contributed by atoms with E-state index in [2.05, 4.69) is 9.98 Å². The van der Waals surface area contributed by atoms with Crippen LogP contribution >= 0.6 is 0 Å². The summed E-state index contributed by atoms with van der Waals surface area (Å²) < 4.78 is 24.1. The molecule has 2 aromatic rings. The van der Waals surface area contributed by atoms with Gasteiger partial charge < -0.3 is 4.57 Å². The van der Waals surface area contributed by atoms with Gasteiger partial charge in [-0.15, -0.1) is 0 Å². The number of aliphatic imine (C=N–C) groups is 1. The normalized spacial score (nSPS) is 12.1. The summed E-state index contributed by atoms with van der Waals surface area (Å²) in [6.45, 7) is 0.613. The molecule has 20 heavy (non-hydrogen) atoms. The first-order valence-corrected chi connectivity index (χ1v) is 7.60. The number of hydrogen-bond acceptors (Lipinski definition) is 4. The van der Waals surface area contributed by atoms with Crippen molar-refractivity contribution in [1.29, 1.82) is 0 Å². The number of aryl methyl sites for hydroxylation is 1. The second kappa shape index (κ2) is 5.98. The van der Waals surface area contributed by atoms with Gasteiger partial charge in [-0.2, -0.15) is 0 Å². The zero-order valence-corrected chi connectivity index (χ0v) is 11.9. The van der Waals surface area contributed by atoms with Gasteiger partial charge in [0.2, 0.25) is 10.0 Å². The van der Waals surface area contributed by atoms with Crippen molar-refractivity contribution >= 4 is 16.2 Å². The van der Waals surface area contributed by atoms with Crippen molar-refractivity contribution < 1.29 is 8.42 Å². The molecule has 0 amide bonds. The van der Waals surface area contributed by atoms with Gasteiger partial charge in [0.25, 0.3) is 0 Å². The zero-order chi connectivity index (χ0) is 14.6. The zero-order valence-electron chi connectivity index (χ0n) is 11.1. The van der Waals surface area contributed by atoms with Crippen LogP contribution in [0.1, 0.15) is 11.4 Å². The largest absolute Gasteiger partial charge is 0.333 e. The van der Waals surface area contributed by atoms with Crippen molar-refractivity contribution in [1.82, 2.24) is 9.55 Å². The molecule has 1 heterocycles. The van der Waals surface area contributed by atoms with Crippen LogP contribution in [-0.2, 0) is 23.5 Å². The molecule has 0 aliphatic heterocycles. The van der Waals surface area contributed by atoms with Crippen LogP contribution < -0.4 is 5.14 Å². The maximum Gasteiger partial charge on any atom is 0.238 e. The molecule has 0 bridgehead atoms. The number of primary sulfonamides is 1. The van der Waals surface area contributed by atoms with Crippen molar-refractivity contribution in [3.05, 3.63) is 48.0 Å². The number of rotatable bonds is 5. The molecule has 0 saturated carbocycles. The van der Waals surface area contributed by atoms with Crippen LogP contribution in [0.3, 0.4) is 0 Å². The number of sulfonamides is 1. The van der Waals surface area contributed by atoms with Gasteiger partial charge in [-0.1, -0.05) is 12.1 Å². The van der Waals surface area contributed by atoms with Crippen LogP contribution in [0.5, 0.6) is 0 Å². The highest BCUT2D eigenvalue weighted by Crippen LogP contribution is 2.09. The fourth-order valence-electron chi connectivity index (χ4n) is 1.69. The third-order valence-electron chi connectivity index (χ3n) is 2.85. The first kappa shape index (κ1) is 14.4. The Morgan fingerprint density at radius 3 is 2.60 bits per heavy atom.